The van der Waals surface area contributed by atoms with E-state index in [2.05, 4.69) is 10.3 Å². The lowest BCUT2D eigenvalue weighted by atomic mass is 10.2. The van der Waals surface area contributed by atoms with Gasteiger partial charge in [0.25, 0.3) is 0 Å². The van der Waals surface area contributed by atoms with Gasteiger partial charge in [-0.15, -0.1) is 0 Å². The number of benzene rings is 1. The molecule has 0 atom stereocenters. The molecule has 0 aliphatic rings. The van der Waals surface area contributed by atoms with E-state index in [1.807, 2.05) is 0 Å². The van der Waals surface area contributed by atoms with Crippen LogP contribution in [0.5, 0.6) is 0 Å². The number of aryl methyl sites for hydroxylation is 1. The van der Waals surface area contributed by atoms with Gasteiger partial charge in [-0.25, -0.2) is 14.2 Å². The number of carbonyl (C=O) groups is 1. The van der Waals surface area contributed by atoms with E-state index in [1.54, 1.807) is 25.1 Å². The molecule has 1 aromatic carbocycles. The standard InChI is InChI=1S/C14H13FN2O2/c1-9-5-6-12(14(18)19)13(17-9)16-8-10-3-2-4-11(15)7-10/h2-7H,8H2,1H3,(H,16,17)(H,18,19). The van der Waals surface area contributed by atoms with E-state index in [9.17, 15) is 9.18 Å². The quantitative estimate of drug-likeness (QED) is 0.887. The summed E-state index contributed by atoms with van der Waals surface area (Å²) in [7, 11) is 0. The van der Waals surface area contributed by atoms with Gasteiger partial charge >= 0.3 is 5.97 Å². The van der Waals surface area contributed by atoms with Crippen molar-refractivity contribution in [3.8, 4) is 0 Å². The number of pyridine rings is 1. The van der Waals surface area contributed by atoms with Crippen LogP contribution in [0.2, 0.25) is 0 Å². The Morgan fingerprint density at radius 1 is 1.37 bits per heavy atom. The second kappa shape index (κ2) is 5.48. The van der Waals surface area contributed by atoms with Crippen molar-refractivity contribution in [3.05, 3.63) is 59.0 Å². The summed E-state index contributed by atoms with van der Waals surface area (Å²) < 4.78 is 13.0. The first-order valence-electron chi connectivity index (χ1n) is 5.75. The molecule has 0 unspecified atom stereocenters. The highest BCUT2D eigenvalue weighted by atomic mass is 19.1. The summed E-state index contributed by atoms with van der Waals surface area (Å²) in [6, 6.07) is 9.25. The fraction of sp³-hybridized carbons (Fsp3) is 0.143. The molecule has 0 spiro atoms. The van der Waals surface area contributed by atoms with Crippen LogP contribution in [0.1, 0.15) is 21.6 Å². The normalized spacial score (nSPS) is 10.2. The topological polar surface area (TPSA) is 62.2 Å². The van der Waals surface area contributed by atoms with Gasteiger partial charge in [0.2, 0.25) is 0 Å². The van der Waals surface area contributed by atoms with Crippen molar-refractivity contribution in [3.63, 3.8) is 0 Å². The van der Waals surface area contributed by atoms with E-state index < -0.39 is 5.97 Å². The Morgan fingerprint density at radius 3 is 2.84 bits per heavy atom. The molecule has 2 aromatic rings. The summed E-state index contributed by atoms with van der Waals surface area (Å²) in [5, 5.41) is 12.0. The third-order valence-corrected chi connectivity index (χ3v) is 2.61. The molecule has 0 saturated carbocycles. The number of nitrogens with one attached hydrogen (secondary N) is 1. The fourth-order valence-corrected chi connectivity index (χ4v) is 1.70. The third-order valence-electron chi connectivity index (χ3n) is 2.61. The van der Waals surface area contributed by atoms with Gasteiger partial charge in [-0.3, -0.25) is 0 Å². The first-order chi connectivity index (χ1) is 9.06. The van der Waals surface area contributed by atoms with Crippen molar-refractivity contribution in [2.45, 2.75) is 13.5 Å². The van der Waals surface area contributed by atoms with E-state index in [4.69, 9.17) is 5.11 Å². The maximum absolute atomic E-state index is 13.0. The summed E-state index contributed by atoms with van der Waals surface area (Å²) in [4.78, 5) is 15.2. The van der Waals surface area contributed by atoms with Gasteiger partial charge in [0.15, 0.2) is 0 Å². The van der Waals surface area contributed by atoms with Crippen molar-refractivity contribution >= 4 is 11.8 Å². The summed E-state index contributed by atoms with van der Waals surface area (Å²) in [6.45, 7) is 2.09. The molecule has 0 aliphatic heterocycles. The number of rotatable bonds is 4. The summed E-state index contributed by atoms with van der Waals surface area (Å²) in [6.07, 6.45) is 0. The summed E-state index contributed by atoms with van der Waals surface area (Å²) >= 11 is 0. The number of hydrogen-bond acceptors (Lipinski definition) is 3. The van der Waals surface area contributed by atoms with Gasteiger partial charge in [-0.1, -0.05) is 12.1 Å². The van der Waals surface area contributed by atoms with E-state index in [-0.39, 0.29) is 17.2 Å². The maximum Gasteiger partial charge on any atom is 0.339 e. The van der Waals surface area contributed by atoms with Crippen LogP contribution in [0.4, 0.5) is 10.2 Å². The first kappa shape index (κ1) is 13.0. The number of carboxylic acid groups (broad SMARTS) is 1. The van der Waals surface area contributed by atoms with Crippen molar-refractivity contribution in [1.29, 1.82) is 0 Å². The molecule has 0 aliphatic carbocycles. The monoisotopic (exact) mass is 260 g/mol. The third kappa shape index (κ3) is 3.28. The molecular formula is C14H13FN2O2. The molecule has 98 valence electrons. The minimum atomic E-state index is -1.05. The highest BCUT2D eigenvalue weighted by Crippen LogP contribution is 2.15. The predicted molar refractivity (Wildman–Crippen MR) is 69.7 cm³/mol. The van der Waals surface area contributed by atoms with Gasteiger partial charge in [-0.2, -0.15) is 0 Å². The van der Waals surface area contributed by atoms with E-state index in [0.29, 0.717) is 12.2 Å². The SMILES string of the molecule is Cc1ccc(C(=O)O)c(NCc2cccc(F)c2)n1. The smallest absolute Gasteiger partial charge is 0.339 e. The Balaban J connectivity index is 2.19. The van der Waals surface area contributed by atoms with Crippen LogP contribution in [0.3, 0.4) is 0 Å². The number of nitrogens with zero attached hydrogens (tertiary/aromatic N) is 1. The predicted octanol–water partition coefficient (Wildman–Crippen LogP) is 2.84. The number of hydrogen-bond donors (Lipinski definition) is 2. The Labute approximate surface area is 109 Å². The molecule has 1 heterocycles. The van der Waals surface area contributed by atoms with Crippen LogP contribution in [0.15, 0.2) is 36.4 Å². The first-order valence-corrected chi connectivity index (χ1v) is 5.75. The summed E-state index contributed by atoms with van der Waals surface area (Å²) in [5.41, 5.74) is 1.54. The van der Waals surface area contributed by atoms with Crippen molar-refractivity contribution < 1.29 is 14.3 Å². The van der Waals surface area contributed by atoms with E-state index in [1.165, 1.54) is 18.2 Å². The highest BCUT2D eigenvalue weighted by Gasteiger charge is 2.11. The Hall–Kier alpha value is -2.43. The van der Waals surface area contributed by atoms with Gasteiger partial charge in [-0.05, 0) is 36.8 Å². The molecule has 1 aromatic heterocycles. The van der Waals surface area contributed by atoms with Gasteiger partial charge < -0.3 is 10.4 Å². The van der Waals surface area contributed by atoms with Gasteiger partial charge in [0, 0.05) is 12.2 Å². The Kier molecular flexibility index (Phi) is 3.75. The average Bonchev–Trinajstić information content (AvgIpc) is 2.36. The minimum absolute atomic E-state index is 0.0991. The van der Waals surface area contributed by atoms with Crippen LogP contribution in [-0.4, -0.2) is 16.1 Å². The van der Waals surface area contributed by atoms with Crippen LogP contribution in [0.25, 0.3) is 0 Å². The lowest BCUT2D eigenvalue weighted by Gasteiger charge is -2.09. The van der Waals surface area contributed by atoms with E-state index >= 15 is 0 Å². The lowest BCUT2D eigenvalue weighted by Crippen LogP contribution is -2.09. The zero-order chi connectivity index (χ0) is 13.8. The number of aromatic nitrogens is 1. The number of anilines is 1. The molecule has 0 saturated heterocycles. The van der Waals surface area contributed by atoms with Crippen LogP contribution in [0, 0.1) is 12.7 Å². The van der Waals surface area contributed by atoms with Crippen LogP contribution in [-0.2, 0) is 6.54 Å². The molecule has 2 N–H and O–H groups in total. The molecule has 0 radical (unpaired) electrons. The number of carboxylic acids is 1. The number of aromatic carboxylic acids is 1. The molecule has 0 bridgehead atoms. The second-order valence-electron chi connectivity index (χ2n) is 4.14. The molecular weight excluding hydrogens is 247 g/mol. The molecule has 0 fully saturated rings. The van der Waals surface area contributed by atoms with Gasteiger partial charge in [0.05, 0.1) is 0 Å². The minimum Gasteiger partial charge on any atom is -0.478 e. The fourth-order valence-electron chi connectivity index (χ4n) is 1.70. The molecule has 5 heteroatoms. The van der Waals surface area contributed by atoms with E-state index in [0.717, 1.165) is 5.56 Å². The van der Waals surface area contributed by atoms with Gasteiger partial charge in [0.1, 0.15) is 17.2 Å². The molecule has 0 amide bonds. The number of halogens is 1. The Bertz CT molecular complexity index is 614. The lowest BCUT2D eigenvalue weighted by molar-refractivity contribution is 0.0697. The summed E-state index contributed by atoms with van der Waals surface area (Å²) in [5.74, 6) is -1.08. The Morgan fingerprint density at radius 2 is 2.16 bits per heavy atom. The molecule has 4 nitrogen and oxygen atoms in total. The van der Waals surface area contributed by atoms with Crippen molar-refractivity contribution in [2.24, 2.45) is 0 Å². The zero-order valence-corrected chi connectivity index (χ0v) is 10.4. The largest absolute Gasteiger partial charge is 0.478 e. The van der Waals surface area contributed by atoms with Crippen molar-refractivity contribution in [1.82, 2.24) is 4.98 Å². The highest BCUT2D eigenvalue weighted by molar-refractivity contribution is 5.93. The van der Waals surface area contributed by atoms with Crippen LogP contribution < -0.4 is 5.32 Å². The van der Waals surface area contributed by atoms with Crippen LogP contribution >= 0.6 is 0 Å². The molecule has 19 heavy (non-hydrogen) atoms. The molecule has 2 rings (SSSR count). The van der Waals surface area contributed by atoms with Crippen molar-refractivity contribution in [2.75, 3.05) is 5.32 Å². The second-order valence-corrected chi connectivity index (χ2v) is 4.14. The average molecular weight is 260 g/mol. The maximum atomic E-state index is 13.0. The zero-order valence-electron chi connectivity index (χ0n) is 10.4.